The molecule has 0 spiro atoms. The molecule has 0 amide bonds. The summed E-state index contributed by atoms with van der Waals surface area (Å²) in [5.74, 6) is -1.43. The van der Waals surface area contributed by atoms with Crippen molar-refractivity contribution in [3.63, 3.8) is 0 Å². The molecule has 2 atom stereocenters. The summed E-state index contributed by atoms with van der Waals surface area (Å²) in [6, 6.07) is 6.87. The fraction of sp³-hybridized carbons (Fsp3) is 0.591. The number of rotatable bonds is 13. The molecule has 0 saturated heterocycles. The van der Waals surface area contributed by atoms with Gasteiger partial charge in [-0.15, -0.1) is 6.58 Å². The molecule has 3 nitrogen and oxygen atoms in total. The molecule has 28 heavy (non-hydrogen) atoms. The number of benzene rings is 1. The van der Waals surface area contributed by atoms with E-state index in [0.29, 0.717) is 6.42 Å². The number of hydrogen-bond acceptors (Lipinski definition) is 3. The summed E-state index contributed by atoms with van der Waals surface area (Å²) < 4.78 is 51.3. The van der Waals surface area contributed by atoms with E-state index in [-0.39, 0.29) is 5.56 Å². The maximum absolute atomic E-state index is 13.8. The first kappa shape index (κ1) is 24.2. The van der Waals surface area contributed by atoms with E-state index in [2.05, 4.69) is 6.58 Å². The zero-order valence-corrected chi connectivity index (χ0v) is 16.8. The lowest BCUT2D eigenvalue weighted by Gasteiger charge is -2.33. The van der Waals surface area contributed by atoms with Crippen LogP contribution in [0.3, 0.4) is 0 Å². The third kappa shape index (κ3) is 6.66. The lowest BCUT2D eigenvalue weighted by atomic mass is 9.92. The summed E-state index contributed by atoms with van der Waals surface area (Å²) >= 11 is 0. The zero-order chi connectivity index (χ0) is 21.0. The van der Waals surface area contributed by atoms with Gasteiger partial charge >= 0.3 is 12.1 Å². The molecule has 0 saturated carbocycles. The van der Waals surface area contributed by atoms with E-state index in [1.165, 1.54) is 24.3 Å². The van der Waals surface area contributed by atoms with Gasteiger partial charge in [-0.3, -0.25) is 0 Å². The van der Waals surface area contributed by atoms with Crippen molar-refractivity contribution in [2.45, 2.75) is 76.2 Å². The van der Waals surface area contributed by atoms with Crippen LogP contribution in [0.5, 0.6) is 0 Å². The Morgan fingerprint density at radius 2 is 1.64 bits per heavy atom. The van der Waals surface area contributed by atoms with Crippen LogP contribution in [0.2, 0.25) is 0 Å². The van der Waals surface area contributed by atoms with Gasteiger partial charge < -0.3 is 9.47 Å². The van der Waals surface area contributed by atoms with Crippen molar-refractivity contribution in [3.05, 3.63) is 48.6 Å². The van der Waals surface area contributed by atoms with Crippen molar-refractivity contribution in [1.29, 1.82) is 0 Å². The minimum Gasteiger partial charge on any atom is -0.460 e. The van der Waals surface area contributed by atoms with Gasteiger partial charge in [0.1, 0.15) is 0 Å². The molecule has 6 heteroatoms. The number of esters is 1. The van der Waals surface area contributed by atoms with Crippen LogP contribution in [0, 0.1) is 0 Å². The Kier molecular flexibility index (Phi) is 10.3. The Morgan fingerprint density at radius 3 is 2.18 bits per heavy atom. The predicted octanol–water partition coefficient (Wildman–Crippen LogP) is 6.33. The van der Waals surface area contributed by atoms with Gasteiger partial charge in [-0.2, -0.15) is 13.2 Å². The summed E-state index contributed by atoms with van der Waals surface area (Å²) in [4.78, 5) is 12.5. The normalized spacial score (nSPS) is 14.9. The van der Waals surface area contributed by atoms with Crippen molar-refractivity contribution in [3.8, 4) is 0 Å². The van der Waals surface area contributed by atoms with Crippen LogP contribution in [0.15, 0.2) is 43.0 Å². The number of hydrogen-bond donors (Lipinski definition) is 0. The molecule has 158 valence electrons. The van der Waals surface area contributed by atoms with Gasteiger partial charge in [-0.1, -0.05) is 62.1 Å². The summed E-state index contributed by atoms with van der Waals surface area (Å²) in [7, 11) is 0.874. The first-order valence-electron chi connectivity index (χ1n) is 9.79. The van der Waals surface area contributed by atoms with Crippen LogP contribution in [-0.4, -0.2) is 25.4 Å². The average Bonchev–Trinajstić information content (AvgIpc) is 2.64. The molecule has 1 rings (SSSR count). The molecule has 0 heterocycles. The summed E-state index contributed by atoms with van der Waals surface area (Å²) in [5.41, 5.74) is -3.41. The van der Waals surface area contributed by atoms with Crippen LogP contribution in [0.25, 0.3) is 0 Å². The fourth-order valence-electron chi connectivity index (χ4n) is 3.14. The number of carbonyl (C=O) groups is 1. The quantitative estimate of drug-likeness (QED) is 0.220. The smallest absolute Gasteiger partial charge is 0.432 e. The third-order valence-corrected chi connectivity index (χ3v) is 4.75. The molecule has 1 aromatic rings. The number of alkyl halides is 3. The molecule has 0 N–H and O–H groups in total. The Labute approximate surface area is 165 Å². The molecule has 1 unspecified atom stereocenters. The highest BCUT2D eigenvalue weighted by molar-refractivity contribution is 5.82. The Morgan fingerprint density at radius 1 is 1.07 bits per heavy atom. The number of carbonyl (C=O) groups excluding carboxylic acids is 1. The minimum absolute atomic E-state index is 0.290. The average molecular weight is 400 g/mol. The van der Waals surface area contributed by atoms with Crippen LogP contribution >= 0.6 is 0 Å². The van der Waals surface area contributed by atoms with E-state index in [1.807, 2.05) is 6.08 Å². The van der Waals surface area contributed by atoms with E-state index in [9.17, 15) is 18.0 Å². The Balaban J connectivity index is 2.60. The van der Waals surface area contributed by atoms with E-state index >= 15 is 0 Å². The predicted molar refractivity (Wildman–Crippen MR) is 104 cm³/mol. The minimum atomic E-state index is -4.94. The van der Waals surface area contributed by atoms with Gasteiger partial charge in [0, 0.05) is 12.7 Å². The molecule has 1 aromatic carbocycles. The van der Waals surface area contributed by atoms with Gasteiger partial charge in [0.15, 0.2) is 0 Å². The largest absolute Gasteiger partial charge is 0.460 e. The van der Waals surface area contributed by atoms with Gasteiger partial charge in [0.05, 0.1) is 6.10 Å². The highest BCUT2D eigenvalue weighted by atomic mass is 19.4. The molecule has 0 radical (unpaired) electrons. The molecule has 0 aliphatic heterocycles. The maximum atomic E-state index is 13.8. The van der Waals surface area contributed by atoms with Gasteiger partial charge in [-0.05, 0) is 32.6 Å². The number of allylic oxidation sites excluding steroid dienone is 1. The zero-order valence-electron chi connectivity index (χ0n) is 16.8. The van der Waals surface area contributed by atoms with Gasteiger partial charge in [-0.25, -0.2) is 4.79 Å². The third-order valence-electron chi connectivity index (χ3n) is 4.75. The SMILES string of the molecule is C=CCCCCCCCC[C@H](C)OC(=O)C(OC)(c1ccccc1)C(F)(F)F. The van der Waals surface area contributed by atoms with Crippen LogP contribution in [0.4, 0.5) is 13.2 Å². The van der Waals surface area contributed by atoms with Crippen LogP contribution in [0.1, 0.15) is 63.9 Å². The highest BCUT2D eigenvalue weighted by Gasteiger charge is 2.64. The monoisotopic (exact) mass is 400 g/mol. The second-order valence-electron chi connectivity index (χ2n) is 6.95. The number of methoxy groups -OCH3 is 1. The van der Waals surface area contributed by atoms with E-state index < -0.39 is 23.9 Å². The molecule has 0 aliphatic rings. The summed E-state index contributed by atoms with van der Waals surface area (Å²) in [6.45, 7) is 5.30. The summed E-state index contributed by atoms with van der Waals surface area (Å²) in [5, 5.41) is 0. The number of ether oxygens (including phenoxy) is 2. The van der Waals surface area contributed by atoms with E-state index in [0.717, 1.165) is 52.1 Å². The van der Waals surface area contributed by atoms with Crippen LogP contribution < -0.4 is 0 Å². The lowest BCUT2D eigenvalue weighted by molar-refractivity contribution is -0.278. The number of halogens is 3. The first-order valence-corrected chi connectivity index (χ1v) is 9.79. The van der Waals surface area contributed by atoms with Crippen molar-refractivity contribution in [2.75, 3.05) is 7.11 Å². The van der Waals surface area contributed by atoms with E-state index in [4.69, 9.17) is 9.47 Å². The molecule has 0 aliphatic carbocycles. The molecular formula is C22H31F3O3. The molecule has 0 aromatic heterocycles. The van der Waals surface area contributed by atoms with Crippen LogP contribution in [-0.2, 0) is 19.9 Å². The second-order valence-corrected chi connectivity index (χ2v) is 6.95. The lowest BCUT2D eigenvalue weighted by Crippen LogP contribution is -2.52. The second kappa shape index (κ2) is 11.9. The topological polar surface area (TPSA) is 35.5 Å². The highest BCUT2D eigenvalue weighted by Crippen LogP contribution is 2.43. The van der Waals surface area contributed by atoms with Crippen molar-refractivity contribution < 1.29 is 27.4 Å². The maximum Gasteiger partial charge on any atom is 0.432 e. The molecular weight excluding hydrogens is 369 g/mol. The van der Waals surface area contributed by atoms with Crippen molar-refractivity contribution >= 4 is 5.97 Å². The summed E-state index contributed by atoms with van der Waals surface area (Å²) in [6.07, 6.45) is 4.12. The van der Waals surface area contributed by atoms with Crippen molar-refractivity contribution in [1.82, 2.24) is 0 Å². The fourth-order valence-corrected chi connectivity index (χ4v) is 3.14. The Bertz CT molecular complexity index is 586. The van der Waals surface area contributed by atoms with Gasteiger partial charge in [0.2, 0.25) is 0 Å². The van der Waals surface area contributed by atoms with E-state index in [1.54, 1.807) is 13.0 Å². The number of unbranched alkanes of at least 4 members (excludes halogenated alkanes) is 6. The van der Waals surface area contributed by atoms with Crippen molar-refractivity contribution in [2.24, 2.45) is 0 Å². The molecule has 0 bridgehead atoms. The standard InChI is InChI=1S/C22H31F3O3/c1-4-5-6-7-8-9-10-12-15-18(2)28-20(26)21(27-3,22(23,24)25)19-16-13-11-14-17-19/h4,11,13-14,16-18H,1,5-10,12,15H2,2-3H3/t18-,21?/m0/s1. The molecule has 0 fully saturated rings. The first-order chi connectivity index (χ1) is 13.3. The van der Waals surface area contributed by atoms with Gasteiger partial charge in [0.25, 0.3) is 5.60 Å². The Hall–Kier alpha value is -1.82.